The van der Waals surface area contributed by atoms with E-state index in [9.17, 15) is 14.0 Å². The van der Waals surface area contributed by atoms with Crippen LogP contribution >= 0.6 is 15.9 Å². The lowest BCUT2D eigenvalue weighted by atomic mass is 10.1. The fraction of sp³-hybridized carbons (Fsp3) is 0.214. The van der Waals surface area contributed by atoms with Crippen LogP contribution in [-0.2, 0) is 6.54 Å². The van der Waals surface area contributed by atoms with Crippen molar-refractivity contribution in [2.45, 2.75) is 18.6 Å². The van der Waals surface area contributed by atoms with Gasteiger partial charge in [0.15, 0.2) is 4.67 Å². The highest BCUT2D eigenvalue weighted by atomic mass is 79.9. The van der Waals surface area contributed by atoms with E-state index in [1.165, 1.54) is 16.8 Å². The van der Waals surface area contributed by atoms with E-state index in [4.69, 9.17) is 10.8 Å². The summed E-state index contributed by atoms with van der Waals surface area (Å²) in [5.74, 6) is 2.97. The second kappa shape index (κ2) is 9.58. The second-order valence-corrected chi connectivity index (χ2v) is 9.95. The number of aromatic nitrogens is 2. The maximum atomic E-state index is 14.9. The average molecular weight is 574 g/mol. The highest BCUT2D eigenvalue weighted by Crippen LogP contribution is 2.35. The predicted octanol–water partition coefficient (Wildman–Crippen LogP) is 3.85. The molecule has 6 rings (SSSR count). The van der Waals surface area contributed by atoms with Crippen molar-refractivity contribution in [3.05, 3.63) is 98.5 Å². The topological polar surface area (TPSA) is 83.9 Å². The molecule has 2 atom stereocenters. The van der Waals surface area contributed by atoms with Gasteiger partial charge in [0, 0.05) is 18.5 Å². The molecule has 2 aliphatic heterocycles. The smallest absolute Gasteiger partial charge is 0.274 e. The largest absolute Gasteiger partial charge is 0.452 e. The first kappa shape index (κ1) is 24.1. The number of aliphatic imine (C=N–C) groups is 1. The first-order chi connectivity index (χ1) is 18.4. The molecule has 4 heterocycles. The molecule has 2 aromatic carbocycles. The molecule has 1 amide bonds. The Hall–Kier alpha value is -4.23. The van der Waals surface area contributed by atoms with Gasteiger partial charge in [0.1, 0.15) is 29.5 Å². The van der Waals surface area contributed by atoms with Crippen molar-refractivity contribution < 1.29 is 13.6 Å². The van der Waals surface area contributed by atoms with E-state index >= 15 is 0 Å². The number of furan rings is 1. The van der Waals surface area contributed by atoms with Crippen LogP contribution in [-0.4, -0.2) is 57.0 Å². The van der Waals surface area contributed by atoms with E-state index in [0.29, 0.717) is 40.3 Å². The summed E-state index contributed by atoms with van der Waals surface area (Å²) in [7, 11) is 0. The van der Waals surface area contributed by atoms with Crippen molar-refractivity contribution in [1.82, 2.24) is 19.6 Å². The lowest BCUT2D eigenvalue weighted by Gasteiger charge is -2.37. The third kappa shape index (κ3) is 4.19. The van der Waals surface area contributed by atoms with Crippen LogP contribution in [0.3, 0.4) is 0 Å². The number of rotatable bonds is 4. The molecule has 1 saturated heterocycles. The molecule has 38 heavy (non-hydrogen) atoms. The monoisotopic (exact) mass is 573 g/mol. The van der Waals surface area contributed by atoms with Gasteiger partial charge in [-0.15, -0.1) is 6.42 Å². The summed E-state index contributed by atoms with van der Waals surface area (Å²) in [6.45, 7) is 1.14. The third-order valence-corrected chi connectivity index (χ3v) is 7.32. The van der Waals surface area contributed by atoms with Gasteiger partial charge in [0.2, 0.25) is 0 Å². The Bertz CT molecular complexity index is 1700. The highest BCUT2D eigenvalue weighted by Gasteiger charge is 2.42. The predicted molar refractivity (Wildman–Crippen MR) is 143 cm³/mol. The molecule has 190 valence electrons. The van der Waals surface area contributed by atoms with Gasteiger partial charge in [0.25, 0.3) is 11.5 Å². The molecule has 2 unspecified atom stereocenters. The van der Waals surface area contributed by atoms with Gasteiger partial charge in [-0.1, -0.05) is 30.2 Å². The summed E-state index contributed by atoms with van der Waals surface area (Å²) in [6.07, 6.45) is 7.37. The number of amidine groups is 1. The Morgan fingerprint density at radius 3 is 2.82 bits per heavy atom. The van der Waals surface area contributed by atoms with Crippen LogP contribution in [0.2, 0.25) is 0 Å². The molecule has 10 heteroatoms. The molecule has 2 aliphatic rings. The van der Waals surface area contributed by atoms with Crippen LogP contribution in [0, 0.1) is 18.2 Å². The number of benzene rings is 2. The van der Waals surface area contributed by atoms with Gasteiger partial charge >= 0.3 is 0 Å². The maximum absolute atomic E-state index is 14.9. The number of carbonyl (C=O) groups is 1. The minimum Gasteiger partial charge on any atom is -0.452 e. The first-order valence-corrected chi connectivity index (χ1v) is 12.8. The van der Waals surface area contributed by atoms with Crippen LogP contribution < -0.4 is 5.56 Å². The minimum absolute atomic E-state index is 0.0663. The Balaban J connectivity index is 1.23. The quantitative estimate of drug-likeness (QED) is 0.346. The average Bonchev–Trinajstić information content (AvgIpc) is 3.53. The van der Waals surface area contributed by atoms with Gasteiger partial charge in [-0.25, -0.2) is 9.07 Å². The number of carbonyl (C=O) groups excluding carboxylic acids is 1. The summed E-state index contributed by atoms with van der Waals surface area (Å²) < 4.78 is 22.5. The Kier molecular flexibility index (Phi) is 6.08. The van der Waals surface area contributed by atoms with Crippen molar-refractivity contribution in [2.24, 2.45) is 4.99 Å². The molecular weight excluding hydrogens is 553 g/mol. The van der Waals surface area contributed by atoms with Gasteiger partial charge < -0.3 is 14.2 Å². The van der Waals surface area contributed by atoms with Crippen LogP contribution in [0.15, 0.2) is 79.7 Å². The molecule has 0 aliphatic carbocycles. The molecule has 0 N–H and O–H groups in total. The van der Waals surface area contributed by atoms with E-state index in [0.717, 1.165) is 5.39 Å². The highest BCUT2D eigenvalue weighted by molar-refractivity contribution is 9.10. The van der Waals surface area contributed by atoms with Gasteiger partial charge in [-0.2, -0.15) is 5.10 Å². The number of hydrogen-bond donors (Lipinski definition) is 0. The molecule has 1 fully saturated rings. The summed E-state index contributed by atoms with van der Waals surface area (Å²) >= 11 is 3.33. The van der Waals surface area contributed by atoms with Crippen LogP contribution in [0.25, 0.3) is 10.8 Å². The number of terminal acetylenes is 1. The standard InChI is InChI=1S/C28H21BrFN5O3/c1-2-22-26(23-9-10-24(29)38-23)34-12-11-33(16-25(34)32-22)27(36)20-13-17(7-8-21(20)30)15-35-28(37)19-6-4-3-5-18(19)14-31-35/h1,3-10,13-14,22,26H,11-12,15-16H2. The van der Waals surface area contributed by atoms with Crippen LogP contribution in [0.1, 0.15) is 27.7 Å². The molecule has 0 saturated carbocycles. The molecule has 2 aromatic heterocycles. The number of hydrogen-bond acceptors (Lipinski definition) is 6. The van der Waals surface area contributed by atoms with Crippen molar-refractivity contribution >= 4 is 38.4 Å². The molecule has 0 bridgehead atoms. The summed E-state index contributed by atoms with van der Waals surface area (Å²) in [6, 6.07) is 14.4. The zero-order valence-corrected chi connectivity index (χ0v) is 21.6. The zero-order chi connectivity index (χ0) is 26.4. The fourth-order valence-corrected chi connectivity index (χ4v) is 5.35. The van der Waals surface area contributed by atoms with Crippen LogP contribution in [0.5, 0.6) is 0 Å². The molecular formula is C28H21BrFN5O3. The number of amides is 1. The SMILES string of the molecule is C#CC1N=C2CN(C(=O)c3cc(Cn4ncc5ccccc5c4=O)ccc3F)CCN2C1c1ccc(Br)o1. The van der Waals surface area contributed by atoms with E-state index in [-0.39, 0.29) is 30.3 Å². The number of piperazine rings is 1. The molecule has 4 aromatic rings. The fourth-order valence-electron chi connectivity index (χ4n) is 5.03. The van der Waals surface area contributed by atoms with Crippen molar-refractivity contribution in [1.29, 1.82) is 0 Å². The van der Waals surface area contributed by atoms with Gasteiger partial charge in [0.05, 0.1) is 30.2 Å². The summed E-state index contributed by atoms with van der Waals surface area (Å²) in [4.78, 5) is 34.5. The first-order valence-electron chi connectivity index (χ1n) is 12.0. The van der Waals surface area contributed by atoms with Crippen LogP contribution in [0.4, 0.5) is 4.39 Å². The second-order valence-electron chi connectivity index (χ2n) is 9.17. The molecule has 0 radical (unpaired) electrons. The van der Waals surface area contributed by atoms with E-state index in [1.54, 1.807) is 35.4 Å². The molecule has 8 nitrogen and oxygen atoms in total. The third-order valence-electron chi connectivity index (χ3n) is 6.90. The van der Waals surface area contributed by atoms with E-state index < -0.39 is 17.8 Å². The Morgan fingerprint density at radius 1 is 1.18 bits per heavy atom. The zero-order valence-electron chi connectivity index (χ0n) is 20.1. The van der Waals surface area contributed by atoms with Crippen molar-refractivity contribution in [3.63, 3.8) is 0 Å². The summed E-state index contributed by atoms with van der Waals surface area (Å²) in [5, 5.41) is 5.53. The lowest BCUT2D eigenvalue weighted by molar-refractivity contribution is 0.0730. The number of nitrogens with zero attached hydrogens (tertiary/aromatic N) is 5. The summed E-state index contributed by atoms with van der Waals surface area (Å²) in [5.41, 5.74) is 0.271. The van der Waals surface area contributed by atoms with E-state index in [1.807, 2.05) is 23.1 Å². The van der Waals surface area contributed by atoms with E-state index in [2.05, 4.69) is 31.9 Å². The Labute approximate surface area is 225 Å². The normalized spacial score (nSPS) is 18.8. The van der Waals surface area contributed by atoms with Gasteiger partial charge in [-0.3, -0.25) is 14.6 Å². The van der Waals surface area contributed by atoms with Crippen molar-refractivity contribution in [2.75, 3.05) is 19.6 Å². The Morgan fingerprint density at radius 2 is 2.03 bits per heavy atom. The van der Waals surface area contributed by atoms with Gasteiger partial charge in [-0.05, 0) is 51.8 Å². The molecule has 0 spiro atoms. The number of fused-ring (bicyclic) bond motifs is 2. The van der Waals surface area contributed by atoms with Crippen molar-refractivity contribution in [3.8, 4) is 12.3 Å². The minimum atomic E-state index is -0.631. The number of halogens is 2. The maximum Gasteiger partial charge on any atom is 0.274 e. The lowest BCUT2D eigenvalue weighted by Crippen LogP contribution is -2.51.